The van der Waals surface area contributed by atoms with Gasteiger partial charge < -0.3 is 5.73 Å². The minimum atomic E-state index is -0.0318. The van der Waals surface area contributed by atoms with Crippen LogP contribution in [0.25, 0.3) is 0 Å². The summed E-state index contributed by atoms with van der Waals surface area (Å²) in [6, 6.07) is 5.50. The minimum absolute atomic E-state index is 0.0318. The van der Waals surface area contributed by atoms with Gasteiger partial charge in [0.05, 0.1) is 0 Å². The number of benzene rings is 1. The van der Waals surface area contributed by atoms with Crippen LogP contribution in [0.3, 0.4) is 0 Å². The lowest BCUT2D eigenvalue weighted by molar-refractivity contribution is 0.103. The van der Waals surface area contributed by atoms with E-state index in [0.717, 1.165) is 32.9 Å². The second-order valence-electron chi connectivity index (χ2n) is 4.49. The molecule has 0 unspecified atom stereocenters. The lowest BCUT2D eigenvalue weighted by atomic mass is 10.0. The van der Waals surface area contributed by atoms with E-state index in [1.54, 1.807) is 18.3 Å². The fourth-order valence-electron chi connectivity index (χ4n) is 2.36. The third kappa shape index (κ3) is 2.11. The van der Waals surface area contributed by atoms with E-state index in [1.165, 1.54) is 0 Å². The summed E-state index contributed by atoms with van der Waals surface area (Å²) in [5.41, 5.74) is 9.72. The molecule has 96 valence electrons. The third-order valence-electron chi connectivity index (χ3n) is 3.31. The number of pyridine rings is 1. The largest absolute Gasteiger partial charge is 0.398 e. The summed E-state index contributed by atoms with van der Waals surface area (Å²) in [7, 11) is 0. The van der Waals surface area contributed by atoms with Gasteiger partial charge in [0.25, 0.3) is 0 Å². The van der Waals surface area contributed by atoms with Crippen LogP contribution in [0, 0.1) is 0 Å². The van der Waals surface area contributed by atoms with Gasteiger partial charge in [-0.1, -0.05) is 0 Å². The number of hydrogen-bond acceptors (Lipinski definition) is 3. The molecule has 0 atom stereocenters. The predicted octanol–water partition coefficient (Wildman–Crippen LogP) is 3.52. The number of ketones is 1. The average Bonchev–Trinajstić information content (AvgIpc) is 2.52. The zero-order valence-corrected chi connectivity index (χ0v) is 13.1. The Balaban J connectivity index is 2.22. The number of aromatic nitrogens is 1. The fourth-order valence-corrected chi connectivity index (χ4v) is 3.28. The Hall–Kier alpha value is -1.20. The molecular formula is C14H10Br2N2O. The number of carbonyl (C=O) groups is 1. The van der Waals surface area contributed by atoms with Crippen molar-refractivity contribution in [2.45, 2.75) is 12.8 Å². The molecule has 1 aliphatic carbocycles. The Morgan fingerprint density at radius 1 is 1.21 bits per heavy atom. The molecule has 3 rings (SSSR count). The minimum Gasteiger partial charge on any atom is -0.398 e. The number of rotatable bonds is 0. The Bertz CT molecular complexity index is 698. The fraction of sp³-hybridized carbons (Fsp3) is 0.143. The molecule has 2 N–H and O–H groups in total. The molecule has 5 heteroatoms. The van der Waals surface area contributed by atoms with Crippen molar-refractivity contribution in [1.82, 2.24) is 4.98 Å². The van der Waals surface area contributed by atoms with Crippen LogP contribution in [0.5, 0.6) is 0 Å². The van der Waals surface area contributed by atoms with Crippen LogP contribution in [0.4, 0.5) is 5.69 Å². The van der Waals surface area contributed by atoms with Gasteiger partial charge in [-0.2, -0.15) is 0 Å². The maximum atomic E-state index is 12.6. The number of nitrogens with two attached hydrogens (primary N) is 1. The summed E-state index contributed by atoms with van der Waals surface area (Å²) < 4.78 is 1.72. The van der Waals surface area contributed by atoms with E-state index in [1.807, 2.05) is 6.07 Å². The highest BCUT2D eigenvalue weighted by Gasteiger charge is 2.24. The summed E-state index contributed by atoms with van der Waals surface area (Å²) in [6.07, 6.45) is 3.22. The molecule has 0 saturated carbocycles. The first-order valence-corrected chi connectivity index (χ1v) is 7.42. The zero-order valence-electron chi connectivity index (χ0n) is 9.91. The molecule has 1 aromatic heterocycles. The Morgan fingerprint density at radius 2 is 2.00 bits per heavy atom. The standard InChI is InChI=1S/C14H10Br2N2O/c15-8-5-7-1-2-9-10(3-4-11(17)12(9)16)14(19)13(7)18-6-8/h3-6H,1-2,17H2. The molecule has 19 heavy (non-hydrogen) atoms. The van der Waals surface area contributed by atoms with Crippen molar-refractivity contribution in [3.8, 4) is 0 Å². The first-order valence-electron chi connectivity index (χ1n) is 5.84. The maximum absolute atomic E-state index is 12.6. The summed E-state index contributed by atoms with van der Waals surface area (Å²) in [5.74, 6) is -0.0318. The highest BCUT2D eigenvalue weighted by atomic mass is 79.9. The number of hydrogen-bond donors (Lipinski definition) is 1. The molecule has 1 heterocycles. The van der Waals surface area contributed by atoms with E-state index in [2.05, 4.69) is 36.8 Å². The van der Waals surface area contributed by atoms with Gasteiger partial charge in [-0.15, -0.1) is 0 Å². The Kier molecular flexibility index (Phi) is 3.19. The lowest BCUT2D eigenvalue weighted by Crippen LogP contribution is -2.07. The van der Waals surface area contributed by atoms with Crippen LogP contribution in [-0.2, 0) is 12.8 Å². The number of carbonyl (C=O) groups excluding carboxylic acids is 1. The van der Waals surface area contributed by atoms with Crippen LogP contribution in [0.15, 0.2) is 33.3 Å². The van der Waals surface area contributed by atoms with Gasteiger partial charge in [-0.05, 0) is 74.0 Å². The van der Waals surface area contributed by atoms with E-state index in [9.17, 15) is 4.79 Å². The number of nitrogens with zero attached hydrogens (tertiary/aromatic N) is 1. The lowest BCUT2D eigenvalue weighted by Gasteiger charge is -2.09. The van der Waals surface area contributed by atoms with Gasteiger partial charge in [0.15, 0.2) is 0 Å². The number of halogens is 2. The molecule has 2 aromatic rings. The summed E-state index contributed by atoms with van der Waals surface area (Å²) >= 11 is 6.87. The molecule has 0 aliphatic heterocycles. The monoisotopic (exact) mass is 380 g/mol. The van der Waals surface area contributed by atoms with Crippen LogP contribution < -0.4 is 5.73 Å². The number of fused-ring (bicyclic) bond motifs is 2. The second kappa shape index (κ2) is 4.72. The Morgan fingerprint density at radius 3 is 2.79 bits per heavy atom. The third-order valence-corrected chi connectivity index (χ3v) is 4.68. The normalized spacial score (nSPS) is 13.7. The quantitative estimate of drug-likeness (QED) is 0.710. The van der Waals surface area contributed by atoms with E-state index in [-0.39, 0.29) is 5.78 Å². The second-order valence-corrected chi connectivity index (χ2v) is 6.19. The van der Waals surface area contributed by atoms with Crippen molar-refractivity contribution >= 4 is 43.3 Å². The van der Waals surface area contributed by atoms with Crippen LogP contribution >= 0.6 is 31.9 Å². The van der Waals surface area contributed by atoms with Crippen molar-refractivity contribution in [2.24, 2.45) is 0 Å². The molecule has 0 amide bonds. The number of anilines is 1. The van der Waals surface area contributed by atoms with E-state index in [0.29, 0.717) is 16.9 Å². The van der Waals surface area contributed by atoms with E-state index < -0.39 is 0 Å². The van der Waals surface area contributed by atoms with Crippen molar-refractivity contribution in [3.63, 3.8) is 0 Å². The van der Waals surface area contributed by atoms with Gasteiger partial charge >= 0.3 is 0 Å². The average molecular weight is 382 g/mol. The molecule has 0 spiro atoms. The van der Waals surface area contributed by atoms with Crippen LogP contribution in [0.2, 0.25) is 0 Å². The van der Waals surface area contributed by atoms with E-state index >= 15 is 0 Å². The maximum Gasteiger partial charge on any atom is 0.211 e. The topological polar surface area (TPSA) is 56.0 Å². The summed E-state index contributed by atoms with van der Waals surface area (Å²) in [5, 5.41) is 0. The molecule has 1 aromatic carbocycles. The molecule has 1 aliphatic rings. The smallest absolute Gasteiger partial charge is 0.211 e. The Labute approximate surface area is 127 Å². The van der Waals surface area contributed by atoms with Gasteiger partial charge in [0.2, 0.25) is 5.78 Å². The first-order chi connectivity index (χ1) is 9.08. The molecule has 0 radical (unpaired) electrons. The van der Waals surface area contributed by atoms with Gasteiger partial charge in [0, 0.05) is 26.4 Å². The van der Waals surface area contributed by atoms with Crippen LogP contribution in [0.1, 0.15) is 27.2 Å². The highest BCUT2D eigenvalue weighted by Crippen LogP contribution is 2.32. The molecule has 3 nitrogen and oxygen atoms in total. The SMILES string of the molecule is Nc1ccc2c(c1Br)CCc1cc(Br)cnc1C2=O. The van der Waals surface area contributed by atoms with Crippen molar-refractivity contribution in [3.05, 3.63) is 55.7 Å². The highest BCUT2D eigenvalue weighted by molar-refractivity contribution is 9.11. The van der Waals surface area contributed by atoms with Crippen molar-refractivity contribution in [1.29, 1.82) is 0 Å². The summed E-state index contributed by atoms with van der Waals surface area (Å²) in [4.78, 5) is 16.8. The first kappa shape index (κ1) is 12.8. The van der Waals surface area contributed by atoms with Crippen molar-refractivity contribution < 1.29 is 4.79 Å². The van der Waals surface area contributed by atoms with Crippen LogP contribution in [-0.4, -0.2) is 10.8 Å². The molecule has 0 saturated heterocycles. The molecule has 0 fully saturated rings. The predicted molar refractivity (Wildman–Crippen MR) is 81.3 cm³/mol. The van der Waals surface area contributed by atoms with Gasteiger partial charge in [-0.3, -0.25) is 9.78 Å². The molecular weight excluding hydrogens is 372 g/mol. The van der Waals surface area contributed by atoms with Crippen molar-refractivity contribution in [2.75, 3.05) is 5.73 Å². The molecule has 0 bridgehead atoms. The van der Waals surface area contributed by atoms with Gasteiger partial charge in [-0.25, -0.2) is 0 Å². The van der Waals surface area contributed by atoms with Gasteiger partial charge in [0.1, 0.15) is 5.69 Å². The zero-order chi connectivity index (χ0) is 13.6. The summed E-state index contributed by atoms with van der Waals surface area (Å²) in [6.45, 7) is 0. The number of nitrogen functional groups attached to an aromatic ring is 1. The van der Waals surface area contributed by atoms with E-state index in [4.69, 9.17) is 5.73 Å². The number of aryl methyl sites for hydroxylation is 1.